The van der Waals surface area contributed by atoms with Crippen LogP contribution in [0.3, 0.4) is 0 Å². The number of nitrogens with zero attached hydrogens (tertiary/aromatic N) is 2. The quantitative estimate of drug-likeness (QED) is 0.928. The number of anilines is 1. The fraction of sp³-hybridized carbons (Fsp3) is 0.389. The highest BCUT2D eigenvalue weighted by atomic mass is 32.1. The first-order chi connectivity index (χ1) is 11.6. The van der Waals surface area contributed by atoms with Crippen LogP contribution in [0.5, 0.6) is 0 Å². The number of hydrogen-bond donors (Lipinski definition) is 1. The van der Waals surface area contributed by atoms with Crippen molar-refractivity contribution in [1.82, 2.24) is 9.88 Å². The van der Waals surface area contributed by atoms with Crippen LogP contribution in [-0.4, -0.2) is 34.8 Å². The van der Waals surface area contributed by atoms with Crippen LogP contribution in [-0.2, 0) is 16.0 Å². The molecule has 0 spiro atoms. The first kappa shape index (κ1) is 16.6. The van der Waals surface area contributed by atoms with Crippen molar-refractivity contribution in [1.29, 1.82) is 0 Å². The van der Waals surface area contributed by atoms with Gasteiger partial charge in [-0.05, 0) is 25.3 Å². The second-order valence-electron chi connectivity index (χ2n) is 6.15. The first-order valence-electron chi connectivity index (χ1n) is 8.15. The lowest BCUT2D eigenvalue weighted by molar-refractivity contribution is -0.133. The number of hydrogen-bond acceptors (Lipinski definition) is 4. The van der Waals surface area contributed by atoms with Crippen molar-refractivity contribution >= 4 is 28.3 Å². The summed E-state index contributed by atoms with van der Waals surface area (Å²) in [5.41, 5.74) is 2.21. The third-order valence-corrected chi connectivity index (χ3v) is 5.01. The number of rotatable bonds is 4. The Bertz CT molecular complexity index is 707. The molecule has 0 atom stereocenters. The highest BCUT2D eigenvalue weighted by Crippen LogP contribution is 2.21. The Morgan fingerprint density at radius 2 is 2.12 bits per heavy atom. The van der Waals surface area contributed by atoms with Gasteiger partial charge in [-0.25, -0.2) is 4.98 Å². The summed E-state index contributed by atoms with van der Waals surface area (Å²) < 4.78 is 0. The zero-order valence-corrected chi connectivity index (χ0v) is 14.5. The molecule has 0 bridgehead atoms. The van der Waals surface area contributed by atoms with E-state index in [1.807, 2.05) is 41.5 Å². The molecule has 3 rings (SSSR count). The van der Waals surface area contributed by atoms with Gasteiger partial charge in [0.1, 0.15) is 0 Å². The molecule has 1 saturated heterocycles. The molecule has 1 aromatic carbocycles. The molecule has 1 aliphatic rings. The van der Waals surface area contributed by atoms with Gasteiger partial charge in [-0.2, -0.15) is 0 Å². The molecule has 1 N–H and O–H groups in total. The second-order valence-corrected chi connectivity index (χ2v) is 7.04. The van der Waals surface area contributed by atoms with Crippen LogP contribution in [0.25, 0.3) is 0 Å². The number of amides is 2. The summed E-state index contributed by atoms with van der Waals surface area (Å²) in [6.07, 6.45) is 3.51. The SMILES string of the molecule is Cc1cccc(CC(=O)N2CCC(C(=O)Nc3nccs3)CC2)c1. The molecule has 24 heavy (non-hydrogen) atoms. The van der Waals surface area contributed by atoms with Gasteiger partial charge in [0.15, 0.2) is 5.13 Å². The minimum absolute atomic E-state index is 0.00994. The minimum atomic E-state index is -0.0445. The van der Waals surface area contributed by atoms with Crippen LogP contribution in [0.2, 0.25) is 0 Å². The number of piperidine rings is 1. The van der Waals surface area contributed by atoms with Crippen molar-refractivity contribution in [2.45, 2.75) is 26.2 Å². The van der Waals surface area contributed by atoms with Crippen LogP contribution in [0.1, 0.15) is 24.0 Å². The predicted molar refractivity (Wildman–Crippen MR) is 94.9 cm³/mol. The van der Waals surface area contributed by atoms with Gasteiger partial charge in [0.05, 0.1) is 6.42 Å². The maximum atomic E-state index is 12.4. The summed E-state index contributed by atoms with van der Waals surface area (Å²) in [4.78, 5) is 30.6. The fourth-order valence-electron chi connectivity index (χ4n) is 2.99. The molecule has 0 unspecified atom stereocenters. The molecule has 1 fully saturated rings. The average molecular weight is 343 g/mol. The lowest BCUT2D eigenvalue weighted by atomic mass is 9.95. The van der Waals surface area contributed by atoms with Crippen LogP contribution in [0.15, 0.2) is 35.8 Å². The van der Waals surface area contributed by atoms with Crippen LogP contribution in [0, 0.1) is 12.8 Å². The van der Waals surface area contributed by atoms with Gasteiger partial charge < -0.3 is 10.2 Å². The highest BCUT2D eigenvalue weighted by Gasteiger charge is 2.27. The first-order valence-corrected chi connectivity index (χ1v) is 9.03. The predicted octanol–water partition coefficient (Wildman–Crippen LogP) is 2.87. The Hall–Kier alpha value is -2.21. The summed E-state index contributed by atoms with van der Waals surface area (Å²) in [5, 5.41) is 5.32. The highest BCUT2D eigenvalue weighted by molar-refractivity contribution is 7.13. The maximum absolute atomic E-state index is 12.4. The average Bonchev–Trinajstić information content (AvgIpc) is 3.08. The number of nitrogens with one attached hydrogen (secondary N) is 1. The van der Waals surface area contributed by atoms with Crippen molar-refractivity contribution in [2.24, 2.45) is 5.92 Å². The summed E-state index contributed by atoms with van der Waals surface area (Å²) >= 11 is 1.42. The summed E-state index contributed by atoms with van der Waals surface area (Å²) in [6.45, 7) is 3.31. The Morgan fingerprint density at radius 1 is 1.33 bits per heavy atom. The Labute approximate surface area is 145 Å². The molecule has 1 aromatic heterocycles. The van der Waals surface area contributed by atoms with E-state index in [2.05, 4.69) is 10.3 Å². The van der Waals surface area contributed by atoms with E-state index in [4.69, 9.17) is 0 Å². The summed E-state index contributed by atoms with van der Waals surface area (Å²) in [7, 11) is 0. The molecular weight excluding hydrogens is 322 g/mol. The number of thiazole rings is 1. The number of carbonyl (C=O) groups excluding carboxylic acids is 2. The lowest BCUT2D eigenvalue weighted by Crippen LogP contribution is -2.42. The minimum Gasteiger partial charge on any atom is -0.342 e. The van der Waals surface area contributed by atoms with E-state index in [0.717, 1.165) is 11.1 Å². The number of aromatic nitrogens is 1. The van der Waals surface area contributed by atoms with Crippen LogP contribution in [0.4, 0.5) is 5.13 Å². The number of benzene rings is 1. The van der Waals surface area contributed by atoms with Gasteiger partial charge in [-0.3, -0.25) is 9.59 Å². The topological polar surface area (TPSA) is 62.3 Å². The Morgan fingerprint density at radius 3 is 2.79 bits per heavy atom. The summed E-state index contributed by atoms with van der Waals surface area (Å²) in [6, 6.07) is 8.04. The van der Waals surface area contributed by atoms with Crippen molar-refractivity contribution in [3.05, 3.63) is 47.0 Å². The zero-order chi connectivity index (χ0) is 16.9. The van der Waals surface area contributed by atoms with Gasteiger partial charge in [0, 0.05) is 30.6 Å². The molecule has 0 saturated carbocycles. The molecule has 2 amide bonds. The van der Waals surface area contributed by atoms with Crippen LogP contribution >= 0.6 is 11.3 Å². The van der Waals surface area contributed by atoms with E-state index in [1.54, 1.807) is 6.20 Å². The standard InChI is InChI=1S/C18H21N3O2S/c1-13-3-2-4-14(11-13)12-16(22)21-8-5-15(6-9-21)17(23)20-18-19-7-10-24-18/h2-4,7,10-11,15H,5-6,8-9,12H2,1H3,(H,19,20,23). The third kappa shape index (κ3) is 4.20. The van der Waals surface area contributed by atoms with Gasteiger partial charge in [0.2, 0.25) is 11.8 Å². The van der Waals surface area contributed by atoms with Crippen molar-refractivity contribution < 1.29 is 9.59 Å². The van der Waals surface area contributed by atoms with Gasteiger partial charge in [0.25, 0.3) is 0 Å². The molecule has 5 nitrogen and oxygen atoms in total. The van der Waals surface area contributed by atoms with E-state index in [9.17, 15) is 9.59 Å². The fourth-order valence-corrected chi connectivity index (χ4v) is 3.52. The molecular formula is C18H21N3O2S. The van der Waals surface area contributed by atoms with Gasteiger partial charge >= 0.3 is 0 Å². The summed E-state index contributed by atoms with van der Waals surface area (Å²) in [5.74, 6) is 0.104. The van der Waals surface area contributed by atoms with E-state index >= 15 is 0 Å². The lowest BCUT2D eigenvalue weighted by Gasteiger charge is -2.31. The zero-order valence-electron chi connectivity index (χ0n) is 13.7. The molecule has 0 aliphatic carbocycles. The molecule has 2 aromatic rings. The van der Waals surface area contributed by atoms with E-state index in [-0.39, 0.29) is 17.7 Å². The number of carbonyl (C=O) groups is 2. The molecule has 1 aliphatic heterocycles. The largest absolute Gasteiger partial charge is 0.342 e. The molecule has 6 heteroatoms. The van der Waals surface area contributed by atoms with E-state index in [1.165, 1.54) is 11.3 Å². The normalized spacial score (nSPS) is 15.3. The monoisotopic (exact) mass is 343 g/mol. The Kier molecular flexibility index (Phi) is 5.25. The maximum Gasteiger partial charge on any atom is 0.229 e. The number of aryl methyl sites for hydroxylation is 1. The Balaban J connectivity index is 1.49. The van der Waals surface area contributed by atoms with Gasteiger partial charge in [-0.1, -0.05) is 29.8 Å². The van der Waals surface area contributed by atoms with Crippen molar-refractivity contribution in [3.8, 4) is 0 Å². The molecule has 126 valence electrons. The van der Waals surface area contributed by atoms with E-state index in [0.29, 0.717) is 37.5 Å². The van der Waals surface area contributed by atoms with Crippen molar-refractivity contribution in [3.63, 3.8) is 0 Å². The van der Waals surface area contributed by atoms with E-state index < -0.39 is 0 Å². The molecule has 2 heterocycles. The van der Waals surface area contributed by atoms with Crippen LogP contribution < -0.4 is 5.32 Å². The second kappa shape index (κ2) is 7.57. The number of likely N-dealkylation sites (tertiary alicyclic amines) is 1. The smallest absolute Gasteiger partial charge is 0.229 e. The third-order valence-electron chi connectivity index (χ3n) is 4.32. The van der Waals surface area contributed by atoms with Gasteiger partial charge in [-0.15, -0.1) is 11.3 Å². The van der Waals surface area contributed by atoms with Crippen molar-refractivity contribution in [2.75, 3.05) is 18.4 Å². The molecule has 0 radical (unpaired) electrons.